The third kappa shape index (κ3) is 5.44. The van der Waals surface area contributed by atoms with Crippen molar-refractivity contribution < 1.29 is 17.5 Å². The van der Waals surface area contributed by atoms with Crippen molar-refractivity contribution in [1.29, 1.82) is 0 Å². The van der Waals surface area contributed by atoms with E-state index in [0.717, 1.165) is 18.9 Å². The summed E-state index contributed by atoms with van der Waals surface area (Å²) in [7, 11) is -2.35. The van der Waals surface area contributed by atoms with Crippen LogP contribution in [0.15, 0.2) is 23.1 Å². The predicted molar refractivity (Wildman–Crippen MR) is 87.6 cm³/mol. The van der Waals surface area contributed by atoms with Crippen molar-refractivity contribution in [1.82, 2.24) is 10.0 Å². The molecule has 0 heterocycles. The summed E-state index contributed by atoms with van der Waals surface area (Å²) in [6.45, 7) is 0.890. The molecule has 0 aromatic heterocycles. The zero-order valence-electron chi connectivity index (χ0n) is 13.5. The minimum absolute atomic E-state index is 0.00483. The van der Waals surface area contributed by atoms with E-state index in [1.54, 1.807) is 0 Å². The maximum Gasteiger partial charge on any atom is 0.240 e. The van der Waals surface area contributed by atoms with Gasteiger partial charge in [-0.15, -0.1) is 0 Å². The summed E-state index contributed by atoms with van der Waals surface area (Å²) >= 11 is 0. The Labute approximate surface area is 137 Å². The Hall–Kier alpha value is -1.18. The summed E-state index contributed by atoms with van der Waals surface area (Å²) in [5, 5.41) is 3.41. The molecule has 1 aromatic rings. The van der Waals surface area contributed by atoms with E-state index < -0.39 is 15.8 Å². The standard InChI is InChI=1S/C16H25FN2O3S/c1-22-16-12-14(8-9-15(16)17)23(20,21)19-11-10-18-13-6-4-2-3-5-7-13/h8-9,12-13,18-19H,2-7,10-11H2,1H3. The minimum atomic E-state index is -3.66. The topological polar surface area (TPSA) is 67.4 Å². The van der Waals surface area contributed by atoms with Gasteiger partial charge in [-0.1, -0.05) is 25.7 Å². The first kappa shape index (κ1) is 18.2. The molecule has 130 valence electrons. The van der Waals surface area contributed by atoms with Crippen LogP contribution in [0.25, 0.3) is 0 Å². The number of hydrogen-bond acceptors (Lipinski definition) is 4. The normalized spacial score (nSPS) is 17.0. The number of hydrogen-bond donors (Lipinski definition) is 2. The third-order valence-corrected chi connectivity index (χ3v) is 5.60. The Morgan fingerprint density at radius 2 is 1.87 bits per heavy atom. The van der Waals surface area contributed by atoms with Gasteiger partial charge in [0.15, 0.2) is 11.6 Å². The average Bonchev–Trinajstić information content (AvgIpc) is 2.80. The van der Waals surface area contributed by atoms with Crippen molar-refractivity contribution in [2.24, 2.45) is 0 Å². The van der Waals surface area contributed by atoms with Gasteiger partial charge >= 0.3 is 0 Å². The lowest BCUT2D eigenvalue weighted by atomic mass is 10.1. The van der Waals surface area contributed by atoms with Crippen molar-refractivity contribution in [2.75, 3.05) is 20.2 Å². The molecule has 1 aliphatic carbocycles. The molecule has 7 heteroatoms. The van der Waals surface area contributed by atoms with Crippen molar-refractivity contribution in [3.05, 3.63) is 24.0 Å². The van der Waals surface area contributed by atoms with Gasteiger partial charge in [0.25, 0.3) is 0 Å². The van der Waals surface area contributed by atoms with E-state index in [-0.39, 0.29) is 10.6 Å². The van der Waals surface area contributed by atoms with E-state index in [1.165, 1.54) is 44.9 Å². The molecule has 0 atom stereocenters. The molecule has 1 saturated carbocycles. The molecular formula is C16H25FN2O3S. The van der Waals surface area contributed by atoms with E-state index in [9.17, 15) is 12.8 Å². The maximum atomic E-state index is 13.4. The first-order valence-corrected chi connectivity index (χ1v) is 9.58. The molecule has 0 amide bonds. The number of halogens is 1. The van der Waals surface area contributed by atoms with Gasteiger partial charge in [-0.25, -0.2) is 17.5 Å². The molecule has 1 aromatic carbocycles. The smallest absolute Gasteiger partial charge is 0.240 e. The van der Waals surface area contributed by atoms with Crippen LogP contribution in [0.4, 0.5) is 4.39 Å². The molecule has 0 bridgehead atoms. The first-order chi connectivity index (χ1) is 11.0. The molecule has 2 N–H and O–H groups in total. The highest BCUT2D eigenvalue weighted by Crippen LogP contribution is 2.21. The number of sulfonamides is 1. The second kappa shape index (κ2) is 8.61. The zero-order valence-corrected chi connectivity index (χ0v) is 14.3. The summed E-state index contributed by atoms with van der Waals surface area (Å²) < 4.78 is 45.1. The molecule has 1 aliphatic rings. The minimum Gasteiger partial charge on any atom is -0.494 e. The highest BCUT2D eigenvalue weighted by molar-refractivity contribution is 7.89. The number of rotatable bonds is 7. The molecule has 2 rings (SSSR count). The van der Waals surface area contributed by atoms with E-state index in [4.69, 9.17) is 4.74 Å². The summed E-state index contributed by atoms with van der Waals surface area (Å²) in [4.78, 5) is 0.00483. The number of benzene rings is 1. The average molecular weight is 344 g/mol. The Morgan fingerprint density at radius 3 is 2.52 bits per heavy atom. The predicted octanol–water partition coefficient (Wildman–Crippen LogP) is 2.42. The van der Waals surface area contributed by atoms with E-state index >= 15 is 0 Å². The second-order valence-electron chi connectivity index (χ2n) is 5.84. The second-order valence-corrected chi connectivity index (χ2v) is 7.60. The van der Waals surface area contributed by atoms with Gasteiger partial charge < -0.3 is 10.1 Å². The summed E-state index contributed by atoms with van der Waals surface area (Å²) in [5.41, 5.74) is 0. The van der Waals surface area contributed by atoms with Crippen LogP contribution in [0.3, 0.4) is 0 Å². The summed E-state index contributed by atoms with van der Waals surface area (Å²) in [6, 6.07) is 4.00. The lowest BCUT2D eigenvalue weighted by Gasteiger charge is -2.16. The molecule has 0 saturated heterocycles. The van der Waals surface area contributed by atoms with Crippen LogP contribution in [0, 0.1) is 5.82 Å². The van der Waals surface area contributed by atoms with E-state index in [1.807, 2.05) is 0 Å². The Morgan fingerprint density at radius 1 is 1.17 bits per heavy atom. The van der Waals surface area contributed by atoms with Crippen LogP contribution in [-0.4, -0.2) is 34.7 Å². The Kier molecular flexibility index (Phi) is 6.80. The van der Waals surface area contributed by atoms with Crippen LogP contribution in [0.2, 0.25) is 0 Å². The SMILES string of the molecule is COc1cc(S(=O)(=O)NCCNC2CCCCCC2)ccc1F. The number of ether oxygens (including phenoxy) is 1. The van der Waals surface area contributed by atoms with Crippen LogP contribution in [0.5, 0.6) is 5.75 Å². The highest BCUT2D eigenvalue weighted by Gasteiger charge is 2.17. The fraction of sp³-hybridized carbons (Fsp3) is 0.625. The van der Waals surface area contributed by atoms with Crippen molar-refractivity contribution in [3.63, 3.8) is 0 Å². The van der Waals surface area contributed by atoms with Crippen molar-refractivity contribution in [3.8, 4) is 5.75 Å². The quantitative estimate of drug-likeness (QED) is 0.589. The first-order valence-electron chi connectivity index (χ1n) is 8.09. The molecular weight excluding hydrogens is 319 g/mol. The van der Waals surface area contributed by atoms with Gasteiger partial charge in [0.1, 0.15) is 0 Å². The summed E-state index contributed by atoms with van der Waals surface area (Å²) in [6.07, 6.45) is 7.36. The number of methoxy groups -OCH3 is 1. The van der Waals surface area contributed by atoms with Crippen molar-refractivity contribution >= 4 is 10.0 Å². The van der Waals surface area contributed by atoms with Crippen LogP contribution in [-0.2, 0) is 10.0 Å². The van der Waals surface area contributed by atoms with Gasteiger partial charge in [0, 0.05) is 25.2 Å². The molecule has 0 unspecified atom stereocenters. The molecule has 5 nitrogen and oxygen atoms in total. The van der Waals surface area contributed by atoms with Gasteiger partial charge in [0.2, 0.25) is 10.0 Å². The molecule has 23 heavy (non-hydrogen) atoms. The van der Waals surface area contributed by atoms with Gasteiger partial charge in [-0.2, -0.15) is 0 Å². The molecule has 0 aliphatic heterocycles. The Bertz CT molecular complexity index is 599. The highest BCUT2D eigenvalue weighted by atomic mass is 32.2. The largest absolute Gasteiger partial charge is 0.494 e. The van der Waals surface area contributed by atoms with E-state index in [0.29, 0.717) is 19.1 Å². The van der Waals surface area contributed by atoms with E-state index in [2.05, 4.69) is 10.0 Å². The maximum absolute atomic E-state index is 13.4. The molecule has 0 spiro atoms. The van der Waals surface area contributed by atoms with Gasteiger partial charge in [-0.3, -0.25) is 0 Å². The Balaban J connectivity index is 1.84. The third-order valence-electron chi connectivity index (χ3n) is 4.14. The van der Waals surface area contributed by atoms with Crippen LogP contribution >= 0.6 is 0 Å². The van der Waals surface area contributed by atoms with Gasteiger partial charge in [-0.05, 0) is 25.0 Å². The number of nitrogens with one attached hydrogen (secondary N) is 2. The van der Waals surface area contributed by atoms with Crippen LogP contribution in [0.1, 0.15) is 38.5 Å². The molecule has 0 radical (unpaired) electrons. The fourth-order valence-corrected chi connectivity index (χ4v) is 3.88. The van der Waals surface area contributed by atoms with Crippen LogP contribution < -0.4 is 14.8 Å². The molecule has 1 fully saturated rings. The monoisotopic (exact) mass is 344 g/mol. The zero-order chi connectivity index (χ0) is 16.7. The van der Waals surface area contributed by atoms with Crippen molar-refractivity contribution in [2.45, 2.75) is 49.5 Å². The lowest BCUT2D eigenvalue weighted by molar-refractivity contribution is 0.385. The fourth-order valence-electron chi connectivity index (χ4n) is 2.84. The lowest BCUT2D eigenvalue weighted by Crippen LogP contribution is -2.36. The summed E-state index contributed by atoms with van der Waals surface area (Å²) in [5.74, 6) is -0.661. The van der Waals surface area contributed by atoms with Gasteiger partial charge in [0.05, 0.1) is 12.0 Å².